The molecule has 0 unspecified atom stereocenters. The van der Waals surface area contributed by atoms with Gasteiger partial charge in [-0.25, -0.2) is 14.8 Å². The lowest BCUT2D eigenvalue weighted by Gasteiger charge is -2.13. The van der Waals surface area contributed by atoms with E-state index in [1.54, 1.807) is 6.20 Å². The molecule has 4 aromatic rings. The van der Waals surface area contributed by atoms with E-state index in [2.05, 4.69) is 25.2 Å². The van der Waals surface area contributed by atoms with Crippen molar-refractivity contribution in [2.75, 3.05) is 18.9 Å². The molecule has 0 saturated carbocycles. The molecule has 0 spiro atoms. The summed E-state index contributed by atoms with van der Waals surface area (Å²) in [5, 5.41) is 6.68. The second-order valence-electron chi connectivity index (χ2n) is 8.46. The average Bonchev–Trinajstić information content (AvgIpc) is 3.20. The zero-order valence-electron chi connectivity index (χ0n) is 20.3. The molecular weight excluding hydrogens is 442 g/mol. The maximum absolute atomic E-state index is 12.1. The number of benzene rings is 1. The van der Waals surface area contributed by atoms with Gasteiger partial charge in [0.05, 0.1) is 11.0 Å². The van der Waals surface area contributed by atoms with E-state index in [4.69, 9.17) is 15.5 Å². The highest BCUT2D eigenvalue weighted by Gasteiger charge is 2.18. The summed E-state index contributed by atoms with van der Waals surface area (Å²) in [6, 6.07) is 9.85. The van der Waals surface area contributed by atoms with Crippen LogP contribution in [0, 0.1) is 0 Å². The molecule has 0 radical (unpaired) electrons. The highest BCUT2D eigenvalue weighted by molar-refractivity contribution is 6.07. The van der Waals surface area contributed by atoms with Crippen molar-refractivity contribution in [2.24, 2.45) is 0 Å². The van der Waals surface area contributed by atoms with Gasteiger partial charge in [-0.15, -0.1) is 0 Å². The molecule has 0 aliphatic rings. The lowest BCUT2D eigenvalue weighted by Crippen LogP contribution is -2.40. The minimum atomic E-state index is -0.202. The first kappa shape index (κ1) is 24.2. The van der Waals surface area contributed by atoms with Gasteiger partial charge in [-0.2, -0.15) is 0 Å². The molecule has 35 heavy (non-hydrogen) atoms. The van der Waals surface area contributed by atoms with Gasteiger partial charge in [0.15, 0.2) is 5.82 Å². The van der Waals surface area contributed by atoms with Crippen LogP contribution in [-0.4, -0.2) is 44.7 Å². The molecule has 3 heterocycles. The highest BCUT2D eigenvalue weighted by Crippen LogP contribution is 2.30. The Hall–Kier alpha value is -3.98. The van der Waals surface area contributed by atoms with Gasteiger partial charge in [0, 0.05) is 43.5 Å². The number of ether oxygens (including phenoxy) is 1. The summed E-state index contributed by atoms with van der Waals surface area (Å²) in [6.45, 7) is 7.65. The second-order valence-corrected chi connectivity index (χ2v) is 8.46. The Balaban J connectivity index is 1.70. The Morgan fingerprint density at radius 1 is 1.20 bits per heavy atom. The molecule has 4 rings (SSSR count). The summed E-state index contributed by atoms with van der Waals surface area (Å²) >= 11 is 0. The number of rotatable bonds is 9. The van der Waals surface area contributed by atoms with Crippen molar-refractivity contribution in [3.63, 3.8) is 0 Å². The van der Waals surface area contributed by atoms with Crippen molar-refractivity contribution in [3.8, 4) is 0 Å². The van der Waals surface area contributed by atoms with Crippen LogP contribution in [0.2, 0.25) is 0 Å². The summed E-state index contributed by atoms with van der Waals surface area (Å²) in [5.74, 6) is 1.11. The number of carbonyl (C=O) groups excluding carboxylic acids is 1. The Kier molecular flexibility index (Phi) is 7.57. The van der Waals surface area contributed by atoms with Crippen LogP contribution in [0.15, 0.2) is 42.7 Å². The van der Waals surface area contributed by atoms with Crippen LogP contribution in [-0.2, 0) is 17.9 Å². The molecule has 182 valence electrons. The van der Waals surface area contributed by atoms with Gasteiger partial charge in [0.1, 0.15) is 17.9 Å². The fourth-order valence-electron chi connectivity index (χ4n) is 3.88. The minimum Gasteiger partial charge on any atom is -0.382 e. The van der Waals surface area contributed by atoms with E-state index in [1.807, 2.05) is 69.5 Å². The molecule has 0 aliphatic carbocycles. The molecule has 4 N–H and O–H groups in total. The first-order chi connectivity index (χ1) is 17.0. The Morgan fingerprint density at radius 3 is 2.77 bits per heavy atom. The van der Waals surface area contributed by atoms with E-state index >= 15 is 0 Å². The summed E-state index contributed by atoms with van der Waals surface area (Å²) in [6.07, 6.45) is 7.59. The number of urea groups is 1. The molecule has 0 aliphatic heterocycles. The maximum atomic E-state index is 12.1. The molecule has 3 aromatic heterocycles. The minimum absolute atomic E-state index is 0.0637. The zero-order chi connectivity index (χ0) is 24.8. The number of fused-ring (bicyclic) bond motifs is 3. The lowest BCUT2D eigenvalue weighted by molar-refractivity contribution is 0.126. The summed E-state index contributed by atoms with van der Waals surface area (Å²) in [4.78, 5) is 25.6. The standard InChI is InChI=1S/C26H31N7O2/c1-4-35-16-22-32-23-24(33(22)13-12-29-26(34)30-17(2)3)20-10-9-18(14-21(20)31-25(23)27)7-8-19-6-5-11-28-15-19/h5-11,14-15,17H,4,12-13,16H2,1-3H3,(H2,27,31)(H2,29,30,34)/b8-7+. The maximum Gasteiger partial charge on any atom is 0.315 e. The number of hydrogen-bond acceptors (Lipinski definition) is 6. The number of amides is 2. The van der Waals surface area contributed by atoms with E-state index in [9.17, 15) is 4.79 Å². The van der Waals surface area contributed by atoms with Crippen LogP contribution >= 0.6 is 0 Å². The third-order valence-corrected chi connectivity index (χ3v) is 5.44. The van der Waals surface area contributed by atoms with Gasteiger partial charge in [0.25, 0.3) is 0 Å². The Labute approximate surface area is 204 Å². The predicted octanol–water partition coefficient (Wildman–Crippen LogP) is 3.98. The Bertz CT molecular complexity index is 1350. The Morgan fingerprint density at radius 2 is 2.03 bits per heavy atom. The molecular formula is C26H31N7O2. The van der Waals surface area contributed by atoms with Gasteiger partial charge in [-0.05, 0) is 44.0 Å². The first-order valence-electron chi connectivity index (χ1n) is 11.7. The lowest BCUT2D eigenvalue weighted by atomic mass is 10.1. The largest absolute Gasteiger partial charge is 0.382 e. The molecule has 0 saturated heterocycles. The first-order valence-corrected chi connectivity index (χ1v) is 11.7. The molecule has 0 fully saturated rings. The SMILES string of the molecule is CCOCc1nc2c(N)nc3cc(/C=C/c4cccnc4)ccc3c2n1CCNC(=O)NC(C)C. The van der Waals surface area contributed by atoms with Crippen molar-refractivity contribution in [3.05, 3.63) is 59.7 Å². The average molecular weight is 474 g/mol. The van der Waals surface area contributed by atoms with Crippen molar-refractivity contribution in [2.45, 2.75) is 40.0 Å². The molecule has 0 atom stereocenters. The molecule has 9 nitrogen and oxygen atoms in total. The van der Waals surface area contributed by atoms with Crippen LogP contribution in [0.25, 0.3) is 34.1 Å². The summed E-state index contributed by atoms with van der Waals surface area (Å²) in [5.41, 5.74) is 10.7. The molecule has 2 amide bonds. The summed E-state index contributed by atoms with van der Waals surface area (Å²) < 4.78 is 7.72. The van der Waals surface area contributed by atoms with Gasteiger partial charge in [-0.1, -0.05) is 30.4 Å². The van der Waals surface area contributed by atoms with E-state index in [-0.39, 0.29) is 12.1 Å². The summed E-state index contributed by atoms with van der Waals surface area (Å²) in [7, 11) is 0. The van der Waals surface area contributed by atoms with Crippen LogP contribution in [0.1, 0.15) is 37.7 Å². The van der Waals surface area contributed by atoms with Gasteiger partial charge >= 0.3 is 6.03 Å². The number of aromatic nitrogens is 4. The third kappa shape index (κ3) is 5.75. The van der Waals surface area contributed by atoms with Gasteiger partial charge in [-0.3, -0.25) is 4.98 Å². The van der Waals surface area contributed by atoms with Crippen LogP contribution < -0.4 is 16.4 Å². The number of hydrogen-bond donors (Lipinski definition) is 3. The number of imidazole rings is 1. The van der Waals surface area contributed by atoms with E-state index in [1.165, 1.54) is 0 Å². The number of pyridine rings is 2. The van der Waals surface area contributed by atoms with Gasteiger partial charge < -0.3 is 25.7 Å². The number of nitrogens with zero attached hydrogens (tertiary/aromatic N) is 4. The van der Waals surface area contributed by atoms with Crippen LogP contribution in [0.5, 0.6) is 0 Å². The normalized spacial score (nSPS) is 11.7. The monoisotopic (exact) mass is 473 g/mol. The smallest absolute Gasteiger partial charge is 0.315 e. The number of nitrogens with one attached hydrogen (secondary N) is 2. The fraction of sp³-hybridized carbons (Fsp3) is 0.308. The van der Waals surface area contributed by atoms with Gasteiger partial charge in [0.2, 0.25) is 0 Å². The quantitative estimate of drug-likeness (QED) is 0.338. The van der Waals surface area contributed by atoms with Crippen LogP contribution in [0.4, 0.5) is 10.6 Å². The molecule has 0 bridgehead atoms. The number of carbonyl (C=O) groups is 1. The van der Waals surface area contributed by atoms with Crippen LogP contribution in [0.3, 0.4) is 0 Å². The van der Waals surface area contributed by atoms with E-state index < -0.39 is 0 Å². The zero-order valence-corrected chi connectivity index (χ0v) is 20.3. The number of anilines is 1. The van der Waals surface area contributed by atoms with Crippen molar-refractivity contribution in [1.29, 1.82) is 0 Å². The van der Waals surface area contributed by atoms with Crippen molar-refractivity contribution < 1.29 is 9.53 Å². The van der Waals surface area contributed by atoms with Crippen molar-refractivity contribution >= 4 is 45.9 Å². The predicted molar refractivity (Wildman–Crippen MR) is 140 cm³/mol. The highest BCUT2D eigenvalue weighted by atomic mass is 16.5. The topological polar surface area (TPSA) is 120 Å². The fourth-order valence-corrected chi connectivity index (χ4v) is 3.88. The molecule has 1 aromatic carbocycles. The van der Waals surface area contributed by atoms with E-state index in [0.717, 1.165) is 33.4 Å². The van der Waals surface area contributed by atoms with Crippen molar-refractivity contribution in [1.82, 2.24) is 30.2 Å². The molecule has 9 heteroatoms. The van der Waals surface area contributed by atoms with E-state index in [0.29, 0.717) is 37.6 Å². The number of nitrogen functional groups attached to an aromatic ring is 1. The number of nitrogens with two attached hydrogens (primary N) is 1. The second kappa shape index (κ2) is 11.0. The third-order valence-electron chi connectivity index (χ3n) is 5.44.